The summed E-state index contributed by atoms with van der Waals surface area (Å²) < 4.78 is 0. The third kappa shape index (κ3) is 3.47. The summed E-state index contributed by atoms with van der Waals surface area (Å²) >= 11 is 0. The lowest BCUT2D eigenvalue weighted by Gasteiger charge is -2.05. The van der Waals surface area contributed by atoms with Gasteiger partial charge in [0.15, 0.2) is 0 Å². The number of amides is 1. The van der Waals surface area contributed by atoms with Crippen LogP contribution < -0.4 is 10.8 Å². The molecule has 2 aromatic rings. The molecule has 0 aliphatic carbocycles. The zero-order chi connectivity index (χ0) is 12.8. The van der Waals surface area contributed by atoms with Crippen molar-refractivity contribution >= 4 is 24.5 Å². The maximum absolute atomic E-state index is 11.8. The lowest BCUT2D eigenvalue weighted by atomic mass is 9.89. The van der Waals surface area contributed by atoms with Crippen LogP contribution in [0.3, 0.4) is 0 Å². The van der Waals surface area contributed by atoms with Crippen LogP contribution in [0.2, 0.25) is 0 Å². The first-order valence-corrected chi connectivity index (χ1v) is 5.81. The van der Waals surface area contributed by atoms with E-state index in [1.54, 1.807) is 24.3 Å². The summed E-state index contributed by atoms with van der Waals surface area (Å²) in [5.74, 6) is -0.0436. The molecule has 0 radical (unpaired) electrons. The molecule has 0 saturated heterocycles. The van der Waals surface area contributed by atoms with Crippen molar-refractivity contribution in [2.75, 3.05) is 5.32 Å². The summed E-state index contributed by atoms with van der Waals surface area (Å²) in [6.45, 7) is 0. The first-order valence-electron chi connectivity index (χ1n) is 5.81. The molecule has 0 saturated carbocycles. The van der Waals surface area contributed by atoms with Crippen molar-refractivity contribution in [1.82, 2.24) is 0 Å². The predicted octanol–water partition coefficient (Wildman–Crippen LogP) is 0.837. The number of rotatable bonds is 4. The van der Waals surface area contributed by atoms with Crippen LogP contribution in [0.4, 0.5) is 5.69 Å². The van der Waals surface area contributed by atoms with Gasteiger partial charge >= 0.3 is 7.48 Å². The molecule has 0 bridgehead atoms. The van der Waals surface area contributed by atoms with Gasteiger partial charge in [0, 0.05) is 5.69 Å². The Kier molecular flexibility index (Phi) is 4.15. The third-order valence-electron chi connectivity index (χ3n) is 2.63. The summed E-state index contributed by atoms with van der Waals surface area (Å²) in [7, 11) is 0.0121. The van der Waals surface area contributed by atoms with Crippen LogP contribution in [-0.4, -0.2) is 18.4 Å². The number of benzene rings is 2. The monoisotopic (exact) mass is 239 g/mol. The highest BCUT2D eigenvalue weighted by molar-refractivity contribution is 6.45. The Labute approximate surface area is 107 Å². The predicted molar refractivity (Wildman–Crippen MR) is 74.2 cm³/mol. The van der Waals surface area contributed by atoms with Crippen LogP contribution in [0.5, 0.6) is 0 Å². The van der Waals surface area contributed by atoms with Crippen molar-refractivity contribution in [3.05, 3.63) is 60.2 Å². The normalized spacial score (nSPS) is 9.83. The van der Waals surface area contributed by atoms with Crippen LogP contribution in [0.25, 0.3) is 0 Å². The average molecular weight is 239 g/mol. The molecule has 0 fully saturated rings. The van der Waals surface area contributed by atoms with Gasteiger partial charge in [-0.1, -0.05) is 47.9 Å². The third-order valence-corrected chi connectivity index (χ3v) is 2.63. The second-order valence-electron chi connectivity index (χ2n) is 4.07. The number of hydrogen-bond acceptors (Lipinski definition) is 2. The molecule has 0 heterocycles. The van der Waals surface area contributed by atoms with E-state index in [0.717, 1.165) is 16.7 Å². The second kappa shape index (κ2) is 6.03. The van der Waals surface area contributed by atoms with Gasteiger partial charge in [-0.2, -0.15) is 0 Å². The van der Waals surface area contributed by atoms with E-state index in [1.807, 2.05) is 30.3 Å². The molecule has 0 atom stereocenters. The smallest absolute Gasteiger partial charge is 0.304 e. The lowest BCUT2D eigenvalue weighted by Crippen LogP contribution is -2.16. The minimum absolute atomic E-state index is 0.0121. The van der Waals surface area contributed by atoms with E-state index in [0.29, 0.717) is 6.42 Å². The fourth-order valence-corrected chi connectivity index (χ4v) is 1.68. The molecule has 2 rings (SSSR count). The molecule has 18 heavy (non-hydrogen) atoms. The minimum Gasteiger partial charge on any atom is -0.449 e. The molecule has 2 N–H and O–H groups in total. The molecule has 3 nitrogen and oxygen atoms in total. The summed E-state index contributed by atoms with van der Waals surface area (Å²) in [6.07, 6.45) is 0.364. The zero-order valence-corrected chi connectivity index (χ0v) is 9.97. The van der Waals surface area contributed by atoms with Crippen LogP contribution in [0.1, 0.15) is 5.56 Å². The van der Waals surface area contributed by atoms with E-state index in [-0.39, 0.29) is 13.4 Å². The quantitative estimate of drug-likeness (QED) is 0.776. The van der Waals surface area contributed by atoms with Crippen molar-refractivity contribution < 1.29 is 9.82 Å². The summed E-state index contributed by atoms with van der Waals surface area (Å²) in [5.41, 5.74) is 2.56. The fraction of sp³-hybridized carbons (Fsp3) is 0.0714. The van der Waals surface area contributed by atoms with Crippen molar-refractivity contribution in [3.63, 3.8) is 0 Å². The van der Waals surface area contributed by atoms with E-state index < -0.39 is 0 Å². The first kappa shape index (κ1) is 12.4. The largest absolute Gasteiger partial charge is 0.449 e. The summed E-state index contributed by atoms with van der Waals surface area (Å²) in [5, 5.41) is 11.7. The van der Waals surface area contributed by atoms with E-state index in [1.165, 1.54) is 0 Å². The molecule has 4 heteroatoms. The van der Waals surface area contributed by atoms with Gasteiger partial charge in [-0.25, -0.2) is 0 Å². The maximum atomic E-state index is 11.8. The standard InChI is InChI=1S/C14H14BNO2/c17-14(10-11-4-2-1-3-5-11)16-13-8-6-12(15-18)7-9-13/h1-9,15,18H,10H2,(H,16,17). The van der Waals surface area contributed by atoms with Gasteiger partial charge in [-0.05, 0) is 17.7 Å². The van der Waals surface area contributed by atoms with Crippen LogP contribution in [-0.2, 0) is 11.2 Å². The van der Waals surface area contributed by atoms with Gasteiger partial charge < -0.3 is 10.3 Å². The first-order chi connectivity index (χ1) is 8.78. The van der Waals surface area contributed by atoms with Crippen molar-refractivity contribution in [2.24, 2.45) is 0 Å². The Hall–Kier alpha value is -2.07. The highest BCUT2D eigenvalue weighted by Crippen LogP contribution is 2.06. The number of carbonyl (C=O) groups is 1. The molecule has 0 aliphatic heterocycles. The maximum Gasteiger partial charge on any atom is 0.304 e. The molecule has 0 unspecified atom stereocenters. The van der Waals surface area contributed by atoms with E-state index in [2.05, 4.69) is 5.32 Å². The Balaban J connectivity index is 1.94. The molecule has 0 aliphatic rings. The SMILES string of the molecule is O=C(Cc1ccccc1)Nc1ccc(BO)cc1. The van der Waals surface area contributed by atoms with Gasteiger partial charge in [-0.15, -0.1) is 0 Å². The van der Waals surface area contributed by atoms with Crippen LogP contribution in [0.15, 0.2) is 54.6 Å². The zero-order valence-electron chi connectivity index (χ0n) is 9.97. The van der Waals surface area contributed by atoms with Crippen molar-refractivity contribution in [3.8, 4) is 0 Å². The van der Waals surface area contributed by atoms with E-state index in [9.17, 15) is 4.79 Å². The number of nitrogens with one attached hydrogen (secondary N) is 1. The molecule has 0 aromatic heterocycles. The topological polar surface area (TPSA) is 49.3 Å². The summed E-state index contributed by atoms with van der Waals surface area (Å²) in [4.78, 5) is 11.8. The van der Waals surface area contributed by atoms with Crippen molar-refractivity contribution in [1.29, 1.82) is 0 Å². The molecule has 2 aromatic carbocycles. The van der Waals surface area contributed by atoms with Gasteiger partial charge in [0.1, 0.15) is 0 Å². The summed E-state index contributed by atoms with van der Waals surface area (Å²) in [6, 6.07) is 16.8. The highest BCUT2D eigenvalue weighted by Gasteiger charge is 2.03. The number of carbonyl (C=O) groups excluding carboxylic acids is 1. The molecular formula is C14H14BNO2. The van der Waals surface area contributed by atoms with E-state index in [4.69, 9.17) is 5.02 Å². The Morgan fingerprint density at radius 3 is 2.33 bits per heavy atom. The van der Waals surface area contributed by atoms with Crippen LogP contribution >= 0.6 is 0 Å². The molecule has 0 spiro atoms. The average Bonchev–Trinajstić information content (AvgIpc) is 2.40. The number of anilines is 1. The molecular weight excluding hydrogens is 225 g/mol. The highest BCUT2D eigenvalue weighted by atomic mass is 16.2. The lowest BCUT2D eigenvalue weighted by molar-refractivity contribution is -0.115. The molecule has 1 amide bonds. The Morgan fingerprint density at radius 1 is 1.06 bits per heavy atom. The fourth-order valence-electron chi connectivity index (χ4n) is 1.68. The van der Waals surface area contributed by atoms with E-state index >= 15 is 0 Å². The minimum atomic E-state index is -0.0436. The van der Waals surface area contributed by atoms with Gasteiger partial charge in [-0.3, -0.25) is 4.79 Å². The van der Waals surface area contributed by atoms with Gasteiger partial charge in [0.25, 0.3) is 0 Å². The van der Waals surface area contributed by atoms with Gasteiger partial charge in [0.05, 0.1) is 6.42 Å². The Morgan fingerprint density at radius 2 is 1.72 bits per heavy atom. The van der Waals surface area contributed by atoms with Gasteiger partial charge in [0.2, 0.25) is 5.91 Å². The van der Waals surface area contributed by atoms with Crippen LogP contribution in [0, 0.1) is 0 Å². The second-order valence-corrected chi connectivity index (χ2v) is 4.07. The molecule has 90 valence electrons. The van der Waals surface area contributed by atoms with Crippen molar-refractivity contribution in [2.45, 2.75) is 6.42 Å². The Bertz CT molecular complexity index is 511. The number of hydrogen-bond donors (Lipinski definition) is 2.